The van der Waals surface area contributed by atoms with Gasteiger partial charge in [0.1, 0.15) is 5.69 Å². The summed E-state index contributed by atoms with van der Waals surface area (Å²) in [6, 6.07) is 12.0. The Morgan fingerprint density at radius 2 is 1.92 bits per heavy atom. The Balaban J connectivity index is 2.14. The molecule has 0 bridgehead atoms. The molecule has 0 fully saturated rings. The summed E-state index contributed by atoms with van der Waals surface area (Å²) in [4.78, 5) is 18.5. The van der Waals surface area contributed by atoms with Crippen molar-refractivity contribution >= 4 is 22.6 Å². The van der Waals surface area contributed by atoms with E-state index in [-0.39, 0.29) is 5.97 Å². The van der Waals surface area contributed by atoms with Crippen molar-refractivity contribution in [1.82, 2.24) is 9.55 Å². The van der Waals surface area contributed by atoms with Crippen molar-refractivity contribution in [2.45, 2.75) is 13.5 Å². The van der Waals surface area contributed by atoms with Gasteiger partial charge in [-0.2, -0.15) is 0 Å². The molecule has 2 aromatic heterocycles. The Labute approximate surface area is 141 Å². The van der Waals surface area contributed by atoms with Crippen LogP contribution < -0.4 is 4.90 Å². The number of carbonyl (C=O) groups excluding carboxylic acids is 1. The van der Waals surface area contributed by atoms with Crippen LogP contribution in [-0.2, 0) is 11.3 Å². The summed E-state index contributed by atoms with van der Waals surface area (Å²) in [7, 11) is 4.01. The second-order valence-corrected chi connectivity index (χ2v) is 5.83. The molecular formula is C19H21N3O2. The van der Waals surface area contributed by atoms with E-state index < -0.39 is 0 Å². The molecule has 0 amide bonds. The number of carbonyl (C=O) groups is 1. The number of esters is 1. The quantitative estimate of drug-likeness (QED) is 0.676. The Morgan fingerprint density at radius 1 is 1.17 bits per heavy atom. The van der Waals surface area contributed by atoms with Gasteiger partial charge in [-0.05, 0) is 42.8 Å². The highest BCUT2D eigenvalue weighted by atomic mass is 16.5. The number of anilines is 1. The normalized spacial score (nSPS) is 10.8. The van der Waals surface area contributed by atoms with Crippen molar-refractivity contribution in [3.05, 3.63) is 60.0 Å². The highest BCUT2D eigenvalue weighted by Gasteiger charge is 2.17. The van der Waals surface area contributed by atoms with Gasteiger partial charge in [0.15, 0.2) is 0 Å². The summed E-state index contributed by atoms with van der Waals surface area (Å²) in [6.07, 6.45) is 3.52. The van der Waals surface area contributed by atoms with Crippen LogP contribution in [0.4, 0.5) is 5.69 Å². The minimum absolute atomic E-state index is 0.297. The highest BCUT2D eigenvalue weighted by Crippen LogP contribution is 2.26. The molecule has 3 rings (SSSR count). The van der Waals surface area contributed by atoms with Gasteiger partial charge >= 0.3 is 5.97 Å². The molecule has 0 N–H and O–H groups in total. The van der Waals surface area contributed by atoms with Crippen molar-refractivity contribution in [3.63, 3.8) is 0 Å². The second-order valence-electron chi connectivity index (χ2n) is 5.83. The highest BCUT2D eigenvalue weighted by molar-refractivity contribution is 5.96. The number of fused-ring (bicyclic) bond motifs is 1. The Kier molecular flexibility index (Phi) is 4.51. The molecule has 0 aliphatic carbocycles. The van der Waals surface area contributed by atoms with Gasteiger partial charge in [0.25, 0.3) is 0 Å². The van der Waals surface area contributed by atoms with Gasteiger partial charge in [-0.3, -0.25) is 4.98 Å². The first-order valence-electron chi connectivity index (χ1n) is 7.96. The number of nitrogens with zero attached hydrogens (tertiary/aromatic N) is 3. The molecule has 24 heavy (non-hydrogen) atoms. The number of rotatable bonds is 5. The van der Waals surface area contributed by atoms with Crippen LogP contribution in [0.5, 0.6) is 0 Å². The lowest BCUT2D eigenvalue weighted by Crippen LogP contribution is -2.13. The molecule has 0 saturated heterocycles. The molecule has 0 radical (unpaired) electrons. The van der Waals surface area contributed by atoms with Crippen molar-refractivity contribution in [2.75, 3.05) is 25.6 Å². The van der Waals surface area contributed by atoms with E-state index in [0.29, 0.717) is 18.8 Å². The standard InChI is InChI=1S/C19H21N3O2/c1-4-24-19(23)18-11-15-5-6-16(21(2)3)12-17(15)22(18)13-14-7-9-20-10-8-14/h5-12H,4,13H2,1-3H3. The van der Waals surface area contributed by atoms with Crippen LogP contribution in [0.1, 0.15) is 23.0 Å². The van der Waals surface area contributed by atoms with E-state index in [2.05, 4.69) is 11.1 Å². The molecule has 124 valence electrons. The summed E-state index contributed by atoms with van der Waals surface area (Å²) in [5.74, 6) is -0.297. The molecule has 0 aliphatic heterocycles. The maximum atomic E-state index is 12.4. The molecule has 0 atom stereocenters. The van der Waals surface area contributed by atoms with Gasteiger partial charge in [0, 0.05) is 44.1 Å². The van der Waals surface area contributed by atoms with Crippen LogP contribution in [0, 0.1) is 0 Å². The van der Waals surface area contributed by atoms with Gasteiger partial charge in [-0.25, -0.2) is 4.79 Å². The van der Waals surface area contributed by atoms with E-state index >= 15 is 0 Å². The van der Waals surface area contributed by atoms with Crippen molar-refractivity contribution in [2.24, 2.45) is 0 Å². The first-order valence-corrected chi connectivity index (χ1v) is 7.96. The minimum atomic E-state index is -0.297. The monoisotopic (exact) mass is 323 g/mol. The molecule has 0 unspecified atom stereocenters. The molecule has 0 spiro atoms. The zero-order valence-corrected chi connectivity index (χ0v) is 14.2. The molecular weight excluding hydrogens is 302 g/mol. The van der Waals surface area contributed by atoms with E-state index in [1.54, 1.807) is 12.4 Å². The third-order valence-electron chi connectivity index (χ3n) is 3.98. The third kappa shape index (κ3) is 3.11. The first-order chi connectivity index (χ1) is 11.6. The second kappa shape index (κ2) is 6.74. The van der Waals surface area contributed by atoms with Gasteiger partial charge in [0.2, 0.25) is 0 Å². The number of benzene rings is 1. The van der Waals surface area contributed by atoms with E-state index in [1.165, 1.54) is 0 Å². The summed E-state index contributed by atoms with van der Waals surface area (Å²) < 4.78 is 7.24. The average Bonchev–Trinajstić information content (AvgIpc) is 2.94. The Hall–Kier alpha value is -2.82. The zero-order valence-electron chi connectivity index (χ0n) is 14.2. The lowest BCUT2D eigenvalue weighted by molar-refractivity contribution is 0.0515. The predicted octanol–water partition coefficient (Wildman–Crippen LogP) is 3.33. The molecule has 5 heteroatoms. The van der Waals surface area contributed by atoms with Crippen LogP contribution >= 0.6 is 0 Å². The maximum Gasteiger partial charge on any atom is 0.354 e. The van der Waals surface area contributed by atoms with E-state index in [9.17, 15) is 4.79 Å². The Bertz CT molecular complexity index is 854. The molecule has 3 aromatic rings. The molecule has 1 aromatic carbocycles. The summed E-state index contributed by atoms with van der Waals surface area (Å²) >= 11 is 0. The zero-order chi connectivity index (χ0) is 17.1. The fourth-order valence-corrected chi connectivity index (χ4v) is 2.74. The van der Waals surface area contributed by atoms with Crippen LogP contribution in [0.2, 0.25) is 0 Å². The number of hydrogen-bond donors (Lipinski definition) is 0. The number of ether oxygens (including phenoxy) is 1. The van der Waals surface area contributed by atoms with Crippen LogP contribution in [0.3, 0.4) is 0 Å². The summed E-state index contributed by atoms with van der Waals surface area (Å²) in [5.41, 5.74) is 3.76. The molecule has 5 nitrogen and oxygen atoms in total. The predicted molar refractivity (Wildman–Crippen MR) is 95.6 cm³/mol. The van der Waals surface area contributed by atoms with Crippen molar-refractivity contribution in [1.29, 1.82) is 0 Å². The summed E-state index contributed by atoms with van der Waals surface area (Å²) in [6.45, 7) is 2.77. The van der Waals surface area contributed by atoms with Gasteiger partial charge in [-0.15, -0.1) is 0 Å². The van der Waals surface area contributed by atoms with Crippen molar-refractivity contribution in [3.8, 4) is 0 Å². The molecule has 0 saturated carbocycles. The lowest BCUT2D eigenvalue weighted by Gasteiger charge is -2.14. The first kappa shape index (κ1) is 16.1. The third-order valence-corrected chi connectivity index (χ3v) is 3.98. The van der Waals surface area contributed by atoms with E-state index in [4.69, 9.17) is 4.74 Å². The number of aromatic nitrogens is 2. The Morgan fingerprint density at radius 3 is 2.58 bits per heavy atom. The van der Waals surface area contributed by atoms with E-state index in [0.717, 1.165) is 22.2 Å². The summed E-state index contributed by atoms with van der Waals surface area (Å²) in [5, 5.41) is 1.03. The smallest absolute Gasteiger partial charge is 0.354 e. The number of hydrogen-bond acceptors (Lipinski definition) is 4. The van der Waals surface area contributed by atoms with Crippen LogP contribution in [0.15, 0.2) is 48.8 Å². The van der Waals surface area contributed by atoms with E-state index in [1.807, 2.05) is 60.8 Å². The molecule has 2 heterocycles. The van der Waals surface area contributed by atoms with Gasteiger partial charge in [0.05, 0.1) is 12.1 Å². The fraction of sp³-hybridized carbons (Fsp3) is 0.263. The molecule has 0 aliphatic rings. The largest absolute Gasteiger partial charge is 0.461 e. The van der Waals surface area contributed by atoms with Gasteiger partial charge in [-0.1, -0.05) is 6.07 Å². The fourth-order valence-electron chi connectivity index (χ4n) is 2.74. The average molecular weight is 323 g/mol. The lowest BCUT2D eigenvalue weighted by atomic mass is 10.2. The number of pyridine rings is 1. The minimum Gasteiger partial charge on any atom is -0.461 e. The van der Waals surface area contributed by atoms with Crippen molar-refractivity contribution < 1.29 is 9.53 Å². The van der Waals surface area contributed by atoms with Crippen LogP contribution in [0.25, 0.3) is 10.9 Å². The van der Waals surface area contributed by atoms with Crippen LogP contribution in [-0.4, -0.2) is 36.2 Å². The SMILES string of the molecule is CCOC(=O)c1cc2ccc(N(C)C)cc2n1Cc1ccncc1. The topological polar surface area (TPSA) is 47.4 Å². The van der Waals surface area contributed by atoms with Gasteiger partial charge < -0.3 is 14.2 Å². The maximum absolute atomic E-state index is 12.4.